The molecule has 3 atom stereocenters. The van der Waals surface area contributed by atoms with Crippen LogP contribution in [0.4, 0.5) is 58.0 Å². The van der Waals surface area contributed by atoms with Gasteiger partial charge in [-0.05, 0) is 90.2 Å². The van der Waals surface area contributed by atoms with Crippen molar-refractivity contribution in [2.24, 2.45) is 5.92 Å². The van der Waals surface area contributed by atoms with E-state index in [4.69, 9.17) is 54.9 Å². The molecule has 396 valence electrons. The molecule has 0 spiro atoms. The van der Waals surface area contributed by atoms with Gasteiger partial charge in [0, 0.05) is 70.0 Å². The van der Waals surface area contributed by atoms with E-state index >= 15 is 0 Å². The largest absolute Gasteiger partial charge is 1.00 e. The van der Waals surface area contributed by atoms with Crippen LogP contribution in [0.25, 0.3) is 0 Å². The standard InChI is InChI=1S/C43H37N12.4CH4O3S.4Na/c1-5-13-31(14-6-1)45-40-50-41(46-32-15-7-2-8-16-32)52-42(51-40)48-36-22-24-38-30(27-36)25-29-26-35(21-23-37(29)38)44-39-28-55(53-34-19-11-4-12-20-34)54-43(49-39)47-33-17-9-3-10-18-33;2*1-5(2,3)4;1-4-5(2)3;1-5-4-3-2;;;;/h1-24,26-28,30,38H,25H2,(H3,44,47,49,53,54)(H3,45,46,48,50,51,52);2*1H3,(H,2,3,4);1H3,(H,2,3);2H,1H3;;;;/q+1;;;;;4*+1/p-4. The first-order valence-electron chi connectivity index (χ1n) is 21.7. The minimum atomic E-state index is -3.92. The number of fused-ring (bicyclic) bond motifs is 3. The maximum Gasteiger partial charge on any atom is 1.00 e. The van der Waals surface area contributed by atoms with E-state index in [0.29, 0.717) is 42.1 Å². The first kappa shape index (κ1) is 73.5. The van der Waals surface area contributed by atoms with Crippen molar-refractivity contribution < 1.29 is 177 Å². The zero-order chi connectivity index (χ0) is 54.2. The first-order valence-corrected chi connectivity index (χ1v) is 27.5. The van der Waals surface area contributed by atoms with Crippen LogP contribution >= 0.6 is 12.0 Å². The van der Waals surface area contributed by atoms with Crippen LogP contribution in [0.15, 0.2) is 170 Å². The molecule has 7 aromatic rings. The van der Waals surface area contributed by atoms with Crippen molar-refractivity contribution >= 4 is 102 Å². The van der Waals surface area contributed by atoms with Crippen LogP contribution in [0, 0.1) is 5.92 Å². The van der Waals surface area contributed by atoms with Gasteiger partial charge in [0.25, 0.3) is 12.1 Å². The molecule has 0 bridgehead atoms. The van der Waals surface area contributed by atoms with Crippen LogP contribution in [0.5, 0.6) is 0 Å². The monoisotopic (exact) mass is 1190 g/mol. The van der Waals surface area contributed by atoms with Gasteiger partial charge in [-0.1, -0.05) is 91.0 Å². The van der Waals surface area contributed by atoms with E-state index in [0.717, 1.165) is 59.7 Å². The Morgan fingerprint density at radius 3 is 1.48 bits per heavy atom. The van der Waals surface area contributed by atoms with Crippen LogP contribution in [0.1, 0.15) is 17.0 Å². The molecule has 2 heterocycles. The minimum absolute atomic E-state index is 0. The van der Waals surface area contributed by atoms with Gasteiger partial charge in [-0.15, -0.1) is 5.43 Å². The molecule has 79 heavy (non-hydrogen) atoms. The van der Waals surface area contributed by atoms with Gasteiger partial charge >= 0.3 is 118 Å². The predicted molar refractivity (Wildman–Crippen MR) is 280 cm³/mol. The molecule has 2 aliphatic rings. The number of hydrogen-bond acceptors (Lipinski definition) is 24. The Morgan fingerprint density at radius 1 is 0.633 bits per heavy atom. The van der Waals surface area contributed by atoms with Gasteiger partial charge in [-0.3, -0.25) is 5.04 Å². The quantitative estimate of drug-likeness (QED) is 0.0106. The molecule has 3 unspecified atom stereocenters. The summed E-state index contributed by atoms with van der Waals surface area (Å²) in [4.78, 5) is 20.5. The molecular weight excluding hydrogens is 1140 g/mol. The number of rotatable bonds is 15. The van der Waals surface area contributed by atoms with E-state index in [9.17, 15) is 0 Å². The van der Waals surface area contributed by atoms with Crippen LogP contribution in [-0.2, 0) is 51.6 Å². The predicted octanol–water partition coefficient (Wildman–Crippen LogP) is -6.13. The third-order valence-electron chi connectivity index (χ3n) is 9.47. The second-order valence-electron chi connectivity index (χ2n) is 15.3. The average Bonchev–Trinajstić information content (AvgIpc) is 3.72. The number of nitrogens with one attached hydrogen (secondary N) is 6. The number of nitrogens with zero attached hydrogens (tertiary/aromatic N) is 6. The van der Waals surface area contributed by atoms with Crippen molar-refractivity contribution in [2.45, 2.75) is 12.3 Å². The molecule has 0 amide bonds. The molecule has 6 N–H and O–H groups in total. The summed E-state index contributed by atoms with van der Waals surface area (Å²) in [5, 5.41) is 33.3. The Kier molecular flexibility index (Phi) is 35.7. The number of aromatic nitrogens is 6. The summed E-state index contributed by atoms with van der Waals surface area (Å²) in [6.45, 7) is 0. The molecule has 32 heteroatoms. The molecule has 2 aliphatic carbocycles. The second-order valence-corrected chi connectivity index (χ2v) is 19.3. The van der Waals surface area contributed by atoms with E-state index in [1.807, 2.05) is 128 Å². The molecule has 5 aromatic carbocycles. The zero-order valence-electron chi connectivity index (χ0n) is 44.2. The SMILES string of the molecule is C1=CC2c3ccc(Nc4c[n+](Nc5ccccc5)nc(Nc5ccccc5)n4)cc3CC2C=C1Nc1nc(Nc2ccccc2)nc(Nc2ccccc2)n1.COS(=O)[O-].CS(=O)(=O)[O-].CS(=O)(=O)[O-].CSOO[O-].[Na+].[Na+].[Na+].[Na+]. The van der Waals surface area contributed by atoms with Crippen molar-refractivity contribution in [3.63, 3.8) is 0 Å². The van der Waals surface area contributed by atoms with E-state index in [1.165, 1.54) is 11.1 Å². The number of benzene rings is 5. The number of hydrogen-bond donors (Lipinski definition) is 6. The topological polar surface area (TPSA) is 346 Å². The second kappa shape index (κ2) is 38.3. The van der Waals surface area contributed by atoms with Gasteiger partial charge in [0.05, 0.1) is 49.5 Å². The first-order chi connectivity index (χ1) is 35.8. The van der Waals surface area contributed by atoms with Crippen LogP contribution in [0.3, 0.4) is 0 Å². The Bertz CT molecular complexity index is 3070. The van der Waals surface area contributed by atoms with Crippen LogP contribution in [0.2, 0.25) is 0 Å². The van der Waals surface area contributed by atoms with E-state index in [-0.39, 0.29) is 130 Å². The fourth-order valence-electron chi connectivity index (χ4n) is 6.81. The Hall–Kier alpha value is -3.48. The summed E-state index contributed by atoms with van der Waals surface area (Å²) in [6.07, 6.45) is 12.2. The maximum absolute atomic E-state index is 9.15. The minimum Gasteiger partial charge on any atom is -0.750 e. The number of allylic oxidation sites excluding steroid dienone is 3. The number of para-hydroxylation sites is 4. The fraction of sp³-hybridized carbons (Fsp3) is 0.149. The third-order valence-corrected chi connectivity index (χ3v) is 9.94. The van der Waals surface area contributed by atoms with Crippen molar-refractivity contribution in [3.8, 4) is 0 Å². The summed E-state index contributed by atoms with van der Waals surface area (Å²) in [6, 6.07) is 46.0. The van der Waals surface area contributed by atoms with Crippen molar-refractivity contribution in [3.05, 3.63) is 181 Å². The summed E-state index contributed by atoms with van der Waals surface area (Å²) < 4.78 is 80.1. The molecule has 0 saturated heterocycles. The summed E-state index contributed by atoms with van der Waals surface area (Å²) in [5.41, 5.74) is 11.4. The molecule has 0 radical (unpaired) electrons. The van der Waals surface area contributed by atoms with Gasteiger partial charge in [0.2, 0.25) is 23.7 Å². The molecule has 0 saturated carbocycles. The van der Waals surface area contributed by atoms with Gasteiger partial charge in [-0.2, -0.15) is 24.3 Å². The summed E-state index contributed by atoms with van der Waals surface area (Å²) in [7, 11) is -6.75. The average molecular weight is 1190 g/mol. The molecular formula is C47H49N12Na4O12S4+. The Morgan fingerprint density at radius 2 is 1.06 bits per heavy atom. The van der Waals surface area contributed by atoms with E-state index < -0.39 is 31.6 Å². The van der Waals surface area contributed by atoms with E-state index in [2.05, 4.69) is 92.1 Å². The van der Waals surface area contributed by atoms with Crippen LogP contribution in [-0.4, -0.2) is 85.6 Å². The Labute approximate surface area is 553 Å². The van der Waals surface area contributed by atoms with E-state index in [1.54, 1.807) is 11.0 Å². The molecule has 9 rings (SSSR count). The van der Waals surface area contributed by atoms with Crippen molar-refractivity contribution in [1.82, 2.24) is 25.0 Å². The zero-order valence-corrected chi connectivity index (χ0v) is 55.4. The van der Waals surface area contributed by atoms with Crippen LogP contribution < -0.4 is 160 Å². The Balaban J connectivity index is 0.00000112. The normalized spacial score (nSPS) is 13.5. The molecule has 2 aromatic heterocycles. The maximum atomic E-state index is 9.15. The van der Waals surface area contributed by atoms with Gasteiger partial charge < -0.3 is 49.7 Å². The van der Waals surface area contributed by atoms with Gasteiger partial charge in [0.1, 0.15) is 0 Å². The van der Waals surface area contributed by atoms with Crippen molar-refractivity contribution in [2.75, 3.05) is 57.9 Å². The van der Waals surface area contributed by atoms with Gasteiger partial charge in [-0.25, -0.2) is 21.0 Å². The smallest absolute Gasteiger partial charge is 0.750 e. The fourth-order valence-corrected chi connectivity index (χ4v) is 6.87. The molecule has 0 fully saturated rings. The van der Waals surface area contributed by atoms with Gasteiger partial charge in [0.15, 0.2) is 0 Å². The summed E-state index contributed by atoms with van der Waals surface area (Å²) >= 11 is -1.46. The number of anilines is 10. The van der Waals surface area contributed by atoms with Crippen molar-refractivity contribution in [1.29, 1.82) is 0 Å². The summed E-state index contributed by atoms with van der Waals surface area (Å²) in [5.74, 6) is 2.94. The third kappa shape index (κ3) is 29.9. The molecule has 0 aliphatic heterocycles. The molecule has 24 nitrogen and oxygen atoms in total.